The molecule has 7 aromatic rings. The van der Waals surface area contributed by atoms with Crippen LogP contribution in [-0.4, -0.2) is 120 Å². The Morgan fingerprint density at radius 2 is 1.71 bits per heavy atom. The van der Waals surface area contributed by atoms with Crippen LogP contribution in [-0.2, 0) is 41.4 Å². The number of hydrogen-bond acceptors (Lipinski definition) is 10. The van der Waals surface area contributed by atoms with Crippen LogP contribution in [0.25, 0.3) is 43.8 Å². The first-order chi connectivity index (χ1) is 33.6. The first kappa shape index (κ1) is 47.7. The molecule has 0 saturated carbocycles. The van der Waals surface area contributed by atoms with Gasteiger partial charge in [0.15, 0.2) is 6.61 Å². The number of nitrogens with zero attached hydrogens (tertiary/aromatic N) is 7. The van der Waals surface area contributed by atoms with Gasteiger partial charge in [0.1, 0.15) is 40.4 Å². The molecule has 17 nitrogen and oxygen atoms in total. The highest BCUT2D eigenvalue weighted by Gasteiger charge is 2.31. The molecule has 19 heteroatoms. The largest absolute Gasteiger partial charge is 0.493 e. The minimum absolute atomic E-state index is 0.103. The highest BCUT2D eigenvalue weighted by molar-refractivity contribution is 6.35. The van der Waals surface area contributed by atoms with Gasteiger partial charge in [-0.1, -0.05) is 29.8 Å². The van der Waals surface area contributed by atoms with Crippen LogP contribution in [0.3, 0.4) is 0 Å². The number of hydrogen-bond donors (Lipinski definition) is 3. The maximum Gasteiger partial charge on any atom is 0.352 e. The Morgan fingerprint density at radius 1 is 0.943 bits per heavy atom. The normalized spacial score (nSPS) is 15.5. The Balaban J connectivity index is 0.902. The van der Waals surface area contributed by atoms with Crippen molar-refractivity contribution in [3.8, 4) is 22.6 Å². The monoisotopic (exact) mass is 973 g/mol. The van der Waals surface area contributed by atoms with Crippen molar-refractivity contribution < 1.29 is 42.9 Å². The van der Waals surface area contributed by atoms with Crippen LogP contribution >= 0.6 is 11.6 Å². The standard InChI is InChI=1S/C51H53ClFN9O8/c1-28-44(29(2)59(5)57-28)45-38(52)14-13-36-35(9-7-23-69-41-10-6-8-31-24-32(53)11-12-34(31)41)48(51(67)68)62(47(36)45)22-19-60-17-20-61(21-18-60)43(64)27-70-33-25-37(46-40(26-33)58(4)30(3)54-46)49(65)55-39-15-16-42(63)56-50(39)66/h6,8,10-14,24-26,39H,7,9,15-23,27H2,1-5H3,(H,55,65)(H,67,68)(H,56,63,66). The Hall–Kier alpha value is -7.31. The molecule has 4 aromatic carbocycles. The number of carboxylic acids is 1. The third-order valence-electron chi connectivity index (χ3n) is 13.6. The van der Waals surface area contributed by atoms with Crippen molar-refractivity contribution in [2.24, 2.45) is 14.1 Å². The van der Waals surface area contributed by atoms with Crippen LogP contribution < -0.4 is 20.1 Å². The number of imidazole rings is 1. The number of aromatic nitrogens is 5. The van der Waals surface area contributed by atoms with E-state index in [9.17, 15) is 33.5 Å². The van der Waals surface area contributed by atoms with E-state index < -0.39 is 29.7 Å². The Labute approximate surface area is 407 Å². The van der Waals surface area contributed by atoms with E-state index in [1.54, 1.807) is 40.3 Å². The molecule has 2 aliphatic heterocycles. The lowest BCUT2D eigenvalue weighted by Crippen LogP contribution is -2.52. The molecule has 0 bridgehead atoms. The second-order valence-corrected chi connectivity index (χ2v) is 18.3. The number of piperazine rings is 1. The smallest absolute Gasteiger partial charge is 0.352 e. The number of benzene rings is 4. The average Bonchev–Trinajstić information content (AvgIpc) is 3.91. The van der Waals surface area contributed by atoms with Crippen LogP contribution in [0.2, 0.25) is 5.02 Å². The van der Waals surface area contributed by atoms with Crippen molar-refractivity contribution in [3.05, 3.63) is 106 Å². The maximum absolute atomic E-state index is 14.0. The number of imide groups is 1. The lowest BCUT2D eigenvalue weighted by molar-refractivity contribution is -0.136. The van der Waals surface area contributed by atoms with Crippen molar-refractivity contribution in [2.75, 3.05) is 45.9 Å². The molecule has 0 radical (unpaired) electrons. The van der Waals surface area contributed by atoms with Crippen molar-refractivity contribution in [1.29, 1.82) is 0 Å². The predicted molar refractivity (Wildman–Crippen MR) is 261 cm³/mol. The SMILES string of the molecule is Cc1nn(C)c(C)c1-c1c(Cl)ccc2c(CCCOc3cccc4cc(F)ccc34)c(C(=O)O)n(CCN3CCN(C(=O)COc4cc(C(=O)NC5CCC(=O)NC5=O)c5nc(C)n(C)c5c4)CC3)c12. The summed E-state index contributed by atoms with van der Waals surface area (Å²) in [4.78, 5) is 73.2. The van der Waals surface area contributed by atoms with E-state index in [1.807, 2.05) is 55.8 Å². The fourth-order valence-electron chi connectivity index (χ4n) is 9.77. The van der Waals surface area contributed by atoms with Gasteiger partial charge in [0.25, 0.3) is 11.8 Å². The molecule has 9 rings (SSSR count). The summed E-state index contributed by atoms with van der Waals surface area (Å²) >= 11 is 7.07. The summed E-state index contributed by atoms with van der Waals surface area (Å²) in [6.45, 7) is 8.34. The summed E-state index contributed by atoms with van der Waals surface area (Å²) in [5, 5.41) is 23.4. The molecular weight excluding hydrogens is 921 g/mol. The number of aromatic carboxylic acids is 1. The predicted octanol–water partition coefficient (Wildman–Crippen LogP) is 6.27. The van der Waals surface area contributed by atoms with Crippen LogP contribution in [0.5, 0.6) is 11.5 Å². The summed E-state index contributed by atoms with van der Waals surface area (Å²) in [7, 11) is 3.66. The number of carbonyl (C=O) groups excluding carboxylic acids is 4. The summed E-state index contributed by atoms with van der Waals surface area (Å²) in [5.41, 5.74) is 5.91. The van der Waals surface area contributed by atoms with Gasteiger partial charge < -0.3 is 33.9 Å². The Bertz CT molecular complexity index is 3260. The molecule has 4 amide bonds. The number of piperidine rings is 1. The van der Waals surface area contributed by atoms with E-state index in [2.05, 4.69) is 25.6 Å². The van der Waals surface area contributed by atoms with Crippen LogP contribution in [0.15, 0.2) is 60.7 Å². The van der Waals surface area contributed by atoms with E-state index in [-0.39, 0.29) is 48.2 Å². The highest BCUT2D eigenvalue weighted by Crippen LogP contribution is 2.42. The van der Waals surface area contributed by atoms with Gasteiger partial charge in [0.05, 0.1) is 33.9 Å². The molecule has 70 heavy (non-hydrogen) atoms. The maximum atomic E-state index is 14.0. The zero-order valence-corrected chi connectivity index (χ0v) is 40.3. The van der Waals surface area contributed by atoms with E-state index in [4.69, 9.17) is 21.1 Å². The van der Waals surface area contributed by atoms with Gasteiger partial charge in [0, 0.05) is 93.4 Å². The summed E-state index contributed by atoms with van der Waals surface area (Å²) < 4.78 is 31.7. The van der Waals surface area contributed by atoms with E-state index >= 15 is 0 Å². The number of rotatable bonds is 15. The second-order valence-electron chi connectivity index (χ2n) is 17.9. The average molecular weight is 974 g/mol. The summed E-state index contributed by atoms with van der Waals surface area (Å²) in [6.07, 6.45) is 1.17. The number of carboxylic acid groups (broad SMARTS) is 1. The van der Waals surface area contributed by atoms with Crippen LogP contribution in [0.4, 0.5) is 4.39 Å². The molecule has 5 heterocycles. The molecular formula is C51H53ClFN9O8. The molecule has 2 fully saturated rings. The Morgan fingerprint density at radius 3 is 2.44 bits per heavy atom. The lowest BCUT2D eigenvalue weighted by Gasteiger charge is -2.35. The van der Waals surface area contributed by atoms with Gasteiger partial charge in [0.2, 0.25) is 11.8 Å². The molecule has 3 N–H and O–H groups in total. The molecule has 1 atom stereocenters. The van der Waals surface area contributed by atoms with Crippen molar-refractivity contribution >= 4 is 73.9 Å². The van der Waals surface area contributed by atoms with Crippen molar-refractivity contribution in [3.63, 3.8) is 0 Å². The number of carbonyl (C=O) groups is 5. The number of amides is 4. The fraction of sp³-hybridized carbons (Fsp3) is 0.353. The van der Waals surface area contributed by atoms with E-state index in [0.29, 0.717) is 103 Å². The first-order valence-corrected chi connectivity index (χ1v) is 23.6. The Kier molecular flexibility index (Phi) is 13.4. The molecule has 364 valence electrons. The summed E-state index contributed by atoms with van der Waals surface area (Å²) in [6, 6.07) is 16.1. The van der Waals surface area contributed by atoms with Gasteiger partial charge >= 0.3 is 5.97 Å². The number of nitrogens with one attached hydrogen (secondary N) is 2. The van der Waals surface area contributed by atoms with Crippen molar-refractivity contribution in [2.45, 2.75) is 59.0 Å². The van der Waals surface area contributed by atoms with E-state index in [1.165, 1.54) is 18.2 Å². The van der Waals surface area contributed by atoms with Crippen LogP contribution in [0, 0.1) is 26.6 Å². The topological polar surface area (TPSA) is 195 Å². The zero-order chi connectivity index (χ0) is 49.5. The first-order valence-electron chi connectivity index (χ1n) is 23.2. The molecule has 2 aliphatic rings. The molecule has 0 spiro atoms. The number of ether oxygens (including phenoxy) is 2. The van der Waals surface area contributed by atoms with Gasteiger partial charge in [-0.25, -0.2) is 14.2 Å². The second kappa shape index (κ2) is 19.6. The fourth-order valence-corrected chi connectivity index (χ4v) is 10.0. The molecule has 3 aromatic heterocycles. The van der Waals surface area contributed by atoms with Gasteiger partial charge in [-0.3, -0.25) is 34.1 Å². The van der Waals surface area contributed by atoms with Gasteiger partial charge in [-0.2, -0.15) is 5.10 Å². The molecule has 0 aliphatic carbocycles. The van der Waals surface area contributed by atoms with Crippen molar-refractivity contribution in [1.82, 2.24) is 44.3 Å². The zero-order valence-electron chi connectivity index (χ0n) is 39.5. The third-order valence-corrected chi connectivity index (χ3v) is 13.9. The van der Waals surface area contributed by atoms with Crippen LogP contribution in [0.1, 0.15) is 62.9 Å². The van der Waals surface area contributed by atoms with Gasteiger partial charge in [-0.15, -0.1) is 0 Å². The number of fused-ring (bicyclic) bond motifs is 3. The minimum Gasteiger partial charge on any atom is -0.493 e. The minimum atomic E-state index is -1.07. The quantitative estimate of drug-likeness (QED) is 0.0775. The summed E-state index contributed by atoms with van der Waals surface area (Å²) in [5.74, 6) is -1.65. The van der Waals surface area contributed by atoms with Gasteiger partial charge in [-0.05, 0) is 87.4 Å². The molecule has 1 unspecified atom stereocenters. The number of halogens is 2. The molecule has 2 saturated heterocycles. The van der Waals surface area contributed by atoms with E-state index in [0.717, 1.165) is 33.1 Å². The highest BCUT2D eigenvalue weighted by atomic mass is 35.5. The third kappa shape index (κ3) is 9.27. The lowest BCUT2D eigenvalue weighted by atomic mass is 9.98. The number of aryl methyl sites for hydroxylation is 5.